The second kappa shape index (κ2) is 6.29. The maximum atomic E-state index is 13.1. The molecular weight excluding hydrogens is 284 g/mol. The Morgan fingerprint density at radius 2 is 1.50 bits per heavy atom. The summed E-state index contributed by atoms with van der Waals surface area (Å²) in [4.78, 5) is 0. The summed E-state index contributed by atoms with van der Waals surface area (Å²) in [7, 11) is 0. The number of hydrogen-bond donors (Lipinski definition) is 1. The Balaban J connectivity index is 0.00000289. The second-order valence-corrected chi connectivity index (χ2v) is 3.54. The lowest BCUT2D eigenvalue weighted by atomic mass is 10.0. The van der Waals surface area contributed by atoms with Crippen LogP contribution < -0.4 is 5.73 Å². The van der Waals surface area contributed by atoms with E-state index in [1.807, 2.05) is 0 Å². The van der Waals surface area contributed by atoms with Gasteiger partial charge in [-0.25, -0.2) is 13.2 Å². The fraction of sp³-hybridized carbons (Fsp3) is 0.400. The molecule has 0 fully saturated rings. The second-order valence-electron chi connectivity index (χ2n) is 3.54. The smallest absolute Gasteiger partial charge is 0.324 e. The highest BCUT2D eigenvalue weighted by molar-refractivity contribution is 5.85. The zero-order valence-corrected chi connectivity index (χ0v) is 9.72. The summed E-state index contributed by atoms with van der Waals surface area (Å²) in [6.07, 6.45) is -6.38. The van der Waals surface area contributed by atoms with E-state index in [0.717, 1.165) is 0 Å². The third-order valence-corrected chi connectivity index (χ3v) is 2.15. The molecule has 0 saturated heterocycles. The lowest BCUT2D eigenvalue weighted by Gasteiger charge is -2.15. The van der Waals surface area contributed by atoms with Crippen molar-refractivity contribution in [1.82, 2.24) is 0 Å². The number of nitrogens with two attached hydrogens (primary N) is 1. The Morgan fingerprint density at radius 1 is 1.06 bits per heavy atom. The third-order valence-electron chi connectivity index (χ3n) is 2.15. The Morgan fingerprint density at radius 3 is 1.89 bits per heavy atom. The monoisotopic (exact) mass is 293 g/mol. The van der Waals surface area contributed by atoms with E-state index >= 15 is 0 Å². The minimum absolute atomic E-state index is 0. The van der Waals surface area contributed by atoms with Crippen LogP contribution in [-0.4, -0.2) is 6.18 Å². The van der Waals surface area contributed by atoms with Crippen LogP contribution in [0, 0.1) is 17.5 Å². The van der Waals surface area contributed by atoms with E-state index in [-0.39, 0.29) is 12.4 Å². The van der Waals surface area contributed by atoms with Crippen molar-refractivity contribution in [3.63, 3.8) is 0 Å². The van der Waals surface area contributed by atoms with Crippen LogP contribution in [0.15, 0.2) is 12.1 Å². The van der Waals surface area contributed by atoms with E-state index in [4.69, 9.17) is 5.73 Å². The van der Waals surface area contributed by atoms with Gasteiger partial charge < -0.3 is 5.73 Å². The molecule has 0 unspecified atom stereocenters. The van der Waals surface area contributed by atoms with Crippen molar-refractivity contribution in [3.05, 3.63) is 35.1 Å². The Hall–Kier alpha value is -0.950. The lowest BCUT2D eigenvalue weighted by molar-refractivity contribution is -0.136. The predicted molar refractivity (Wildman–Crippen MR) is 55.8 cm³/mol. The van der Waals surface area contributed by atoms with Crippen LogP contribution in [0.5, 0.6) is 0 Å². The number of hydrogen-bond acceptors (Lipinski definition) is 1. The highest BCUT2D eigenvalue weighted by Crippen LogP contribution is 2.29. The molecule has 0 aliphatic carbocycles. The fourth-order valence-electron chi connectivity index (χ4n) is 1.37. The van der Waals surface area contributed by atoms with Gasteiger partial charge >= 0.3 is 6.18 Å². The minimum atomic E-state index is -4.45. The molecule has 0 saturated carbocycles. The Labute approximate surface area is 105 Å². The van der Waals surface area contributed by atoms with Gasteiger partial charge in [-0.3, -0.25) is 0 Å². The quantitative estimate of drug-likeness (QED) is 0.841. The molecule has 1 nitrogen and oxygen atoms in total. The number of halogens is 7. The summed E-state index contributed by atoms with van der Waals surface area (Å²) in [5, 5.41) is 0. The van der Waals surface area contributed by atoms with Gasteiger partial charge in [-0.15, -0.1) is 12.4 Å². The van der Waals surface area contributed by atoms with Crippen molar-refractivity contribution in [2.24, 2.45) is 5.73 Å². The topological polar surface area (TPSA) is 26.0 Å². The third kappa shape index (κ3) is 4.73. The molecule has 0 aromatic heterocycles. The van der Waals surface area contributed by atoms with Gasteiger partial charge in [0.15, 0.2) is 0 Å². The molecule has 1 atom stereocenters. The summed E-state index contributed by atoms with van der Waals surface area (Å²) >= 11 is 0. The molecule has 104 valence electrons. The van der Waals surface area contributed by atoms with Gasteiger partial charge in [-0.05, 0) is 6.42 Å². The van der Waals surface area contributed by atoms with Crippen LogP contribution in [0.3, 0.4) is 0 Å². The van der Waals surface area contributed by atoms with E-state index in [1.165, 1.54) is 0 Å². The maximum absolute atomic E-state index is 13.1. The molecule has 0 spiro atoms. The highest BCUT2D eigenvalue weighted by Gasteiger charge is 2.29. The minimum Gasteiger partial charge on any atom is -0.324 e. The van der Waals surface area contributed by atoms with Crippen LogP contribution in [0.2, 0.25) is 0 Å². The Bertz CT molecular complexity index is 383. The molecule has 8 heteroatoms. The largest absolute Gasteiger partial charge is 0.389 e. The molecule has 1 aromatic rings. The van der Waals surface area contributed by atoms with E-state index in [9.17, 15) is 26.3 Å². The van der Waals surface area contributed by atoms with E-state index in [2.05, 4.69) is 0 Å². The highest BCUT2D eigenvalue weighted by atomic mass is 35.5. The molecule has 2 N–H and O–H groups in total. The van der Waals surface area contributed by atoms with E-state index in [0.29, 0.717) is 12.1 Å². The SMILES string of the molecule is Cl.N[C@H](CCC(F)(F)F)c1c(F)cc(F)cc1F. The van der Waals surface area contributed by atoms with Crippen molar-refractivity contribution < 1.29 is 26.3 Å². The zero-order valence-electron chi connectivity index (χ0n) is 8.90. The fourth-order valence-corrected chi connectivity index (χ4v) is 1.37. The first-order chi connectivity index (χ1) is 7.70. The first-order valence-corrected chi connectivity index (χ1v) is 4.67. The Kier molecular flexibility index (Phi) is 5.95. The van der Waals surface area contributed by atoms with Gasteiger partial charge in [0, 0.05) is 30.2 Å². The van der Waals surface area contributed by atoms with Crippen LogP contribution in [-0.2, 0) is 0 Å². The molecule has 0 aliphatic heterocycles. The molecule has 18 heavy (non-hydrogen) atoms. The van der Waals surface area contributed by atoms with Crippen LogP contribution in [0.25, 0.3) is 0 Å². The summed E-state index contributed by atoms with van der Waals surface area (Å²) in [5.74, 6) is -3.71. The number of alkyl halides is 3. The molecule has 0 aliphatic rings. The normalized spacial score (nSPS) is 13.1. The van der Waals surface area contributed by atoms with Gasteiger partial charge in [-0.1, -0.05) is 0 Å². The number of rotatable bonds is 3. The first-order valence-electron chi connectivity index (χ1n) is 4.67. The van der Waals surface area contributed by atoms with Crippen LogP contribution in [0.4, 0.5) is 26.3 Å². The van der Waals surface area contributed by atoms with Gasteiger partial charge in [0.25, 0.3) is 0 Å². The number of benzene rings is 1. The molecular formula is C10H10ClF6N. The standard InChI is InChI=1S/C10H9F6N.ClH/c11-5-3-6(12)9(7(13)4-5)8(17)1-2-10(14,15)16;/h3-4,8H,1-2,17H2;1H/t8-;/m1./s1. The van der Waals surface area contributed by atoms with Gasteiger partial charge in [-0.2, -0.15) is 13.2 Å². The molecule has 0 heterocycles. The average Bonchev–Trinajstić information content (AvgIpc) is 2.11. The van der Waals surface area contributed by atoms with Gasteiger partial charge in [0.05, 0.1) is 0 Å². The van der Waals surface area contributed by atoms with Crippen molar-refractivity contribution in [1.29, 1.82) is 0 Å². The van der Waals surface area contributed by atoms with E-state index in [1.54, 1.807) is 0 Å². The predicted octanol–water partition coefficient (Wildman–Crippen LogP) is 3.87. The molecule has 0 amide bonds. The van der Waals surface area contributed by atoms with E-state index < -0.39 is 48.1 Å². The lowest BCUT2D eigenvalue weighted by Crippen LogP contribution is -2.18. The zero-order chi connectivity index (χ0) is 13.2. The molecule has 1 aromatic carbocycles. The van der Waals surface area contributed by atoms with Crippen LogP contribution >= 0.6 is 12.4 Å². The summed E-state index contributed by atoms with van der Waals surface area (Å²) < 4.78 is 74.5. The average molecular weight is 294 g/mol. The van der Waals surface area contributed by atoms with Gasteiger partial charge in [0.2, 0.25) is 0 Å². The van der Waals surface area contributed by atoms with Crippen LogP contribution in [0.1, 0.15) is 24.4 Å². The first kappa shape index (κ1) is 17.1. The summed E-state index contributed by atoms with van der Waals surface area (Å²) in [5.41, 5.74) is 4.53. The maximum Gasteiger partial charge on any atom is 0.389 e. The molecule has 0 bridgehead atoms. The van der Waals surface area contributed by atoms with Gasteiger partial charge in [0.1, 0.15) is 17.5 Å². The van der Waals surface area contributed by atoms with Crippen molar-refractivity contribution >= 4 is 12.4 Å². The molecule has 0 radical (unpaired) electrons. The van der Waals surface area contributed by atoms with Crippen molar-refractivity contribution in [2.75, 3.05) is 0 Å². The molecule has 1 rings (SSSR count). The van der Waals surface area contributed by atoms with Crippen molar-refractivity contribution in [3.8, 4) is 0 Å². The summed E-state index contributed by atoms with van der Waals surface area (Å²) in [6, 6.07) is -0.699. The summed E-state index contributed by atoms with van der Waals surface area (Å²) in [6.45, 7) is 0. The van der Waals surface area contributed by atoms with Crippen molar-refractivity contribution in [2.45, 2.75) is 25.1 Å².